The third-order valence-corrected chi connectivity index (χ3v) is 5.00. The number of rotatable bonds is 5. The minimum absolute atomic E-state index is 0.183. The molecule has 0 aliphatic carbocycles. The molecule has 0 aliphatic heterocycles. The molecule has 144 valence electrons. The van der Waals surface area contributed by atoms with Gasteiger partial charge in [-0.15, -0.1) is 0 Å². The van der Waals surface area contributed by atoms with Crippen LogP contribution in [0.3, 0.4) is 0 Å². The Morgan fingerprint density at radius 1 is 1.00 bits per heavy atom. The lowest BCUT2D eigenvalue weighted by Crippen LogP contribution is -2.13. The molecule has 4 aromatic rings. The van der Waals surface area contributed by atoms with Gasteiger partial charge in [0, 0.05) is 21.1 Å². The van der Waals surface area contributed by atoms with Crippen molar-refractivity contribution in [1.29, 1.82) is 0 Å². The number of ether oxygens (including phenoxy) is 1. The van der Waals surface area contributed by atoms with Gasteiger partial charge in [0.2, 0.25) is 0 Å². The standard InChI is InChI=1S/C24H19BrN2O2/c1-2-29-19-11-9-18(10-12-19)26-24(28)21-15-23(16-6-4-3-5-7-16)27-22-13-8-17(25)14-20(21)22/h3-15H,2H2,1H3,(H,26,28). The average Bonchev–Trinajstić information content (AvgIpc) is 2.75. The molecular weight excluding hydrogens is 428 g/mol. The van der Waals surface area contributed by atoms with Crippen LogP contribution in [-0.4, -0.2) is 17.5 Å². The van der Waals surface area contributed by atoms with Crippen LogP contribution in [0.15, 0.2) is 83.3 Å². The third kappa shape index (κ3) is 4.30. The van der Waals surface area contributed by atoms with Crippen molar-refractivity contribution in [3.8, 4) is 17.0 Å². The lowest BCUT2D eigenvalue weighted by atomic mass is 10.0. The number of benzene rings is 3. The molecule has 0 fully saturated rings. The lowest BCUT2D eigenvalue weighted by Gasteiger charge is -2.12. The zero-order chi connectivity index (χ0) is 20.2. The Kier molecular flexibility index (Phi) is 5.58. The Balaban J connectivity index is 1.74. The number of amides is 1. The van der Waals surface area contributed by atoms with E-state index in [2.05, 4.69) is 21.2 Å². The van der Waals surface area contributed by atoms with Crippen LogP contribution in [-0.2, 0) is 0 Å². The minimum Gasteiger partial charge on any atom is -0.494 e. The molecule has 0 spiro atoms. The van der Waals surface area contributed by atoms with Crippen LogP contribution >= 0.6 is 15.9 Å². The van der Waals surface area contributed by atoms with E-state index in [-0.39, 0.29) is 5.91 Å². The Bertz CT molecular complexity index is 1160. The van der Waals surface area contributed by atoms with E-state index >= 15 is 0 Å². The molecule has 0 aliphatic rings. The van der Waals surface area contributed by atoms with E-state index in [0.717, 1.165) is 32.4 Å². The van der Waals surface area contributed by atoms with Gasteiger partial charge in [0.1, 0.15) is 5.75 Å². The van der Waals surface area contributed by atoms with Gasteiger partial charge in [-0.25, -0.2) is 4.98 Å². The maximum atomic E-state index is 13.1. The second-order valence-corrected chi connectivity index (χ2v) is 7.41. The number of hydrogen-bond acceptors (Lipinski definition) is 3. The van der Waals surface area contributed by atoms with Crippen LogP contribution in [0.2, 0.25) is 0 Å². The number of carbonyl (C=O) groups excluding carboxylic acids is 1. The molecule has 0 unspecified atom stereocenters. The van der Waals surface area contributed by atoms with E-state index < -0.39 is 0 Å². The topological polar surface area (TPSA) is 51.2 Å². The summed E-state index contributed by atoms with van der Waals surface area (Å²) < 4.78 is 6.36. The Morgan fingerprint density at radius 3 is 2.48 bits per heavy atom. The molecular formula is C24H19BrN2O2. The van der Waals surface area contributed by atoms with Crippen molar-refractivity contribution in [2.75, 3.05) is 11.9 Å². The molecule has 0 bridgehead atoms. The maximum absolute atomic E-state index is 13.1. The number of halogens is 1. The SMILES string of the molecule is CCOc1ccc(NC(=O)c2cc(-c3ccccc3)nc3ccc(Br)cc23)cc1. The molecule has 0 saturated carbocycles. The number of pyridine rings is 1. The van der Waals surface area contributed by atoms with Crippen molar-refractivity contribution < 1.29 is 9.53 Å². The largest absolute Gasteiger partial charge is 0.494 e. The summed E-state index contributed by atoms with van der Waals surface area (Å²) in [4.78, 5) is 17.9. The number of fused-ring (bicyclic) bond motifs is 1. The zero-order valence-electron chi connectivity index (χ0n) is 15.9. The van der Waals surface area contributed by atoms with Crippen LogP contribution in [0.5, 0.6) is 5.75 Å². The number of anilines is 1. The van der Waals surface area contributed by atoms with Crippen molar-refractivity contribution in [2.45, 2.75) is 6.92 Å². The van der Waals surface area contributed by atoms with Crippen LogP contribution < -0.4 is 10.1 Å². The Hall–Kier alpha value is -3.18. The zero-order valence-corrected chi connectivity index (χ0v) is 17.4. The van der Waals surface area contributed by atoms with Crippen molar-refractivity contribution >= 4 is 38.4 Å². The second kappa shape index (κ2) is 8.45. The molecule has 1 heterocycles. The van der Waals surface area contributed by atoms with E-state index in [1.807, 2.05) is 85.8 Å². The molecule has 0 saturated heterocycles. The summed E-state index contributed by atoms with van der Waals surface area (Å²) >= 11 is 3.50. The fourth-order valence-electron chi connectivity index (χ4n) is 3.14. The van der Waals surface area contributed by atoms with E-state index in [1.165, 1.54) is 0 Å². The van der Waals surface area contributed by atoms with Crippen molar-refractivity contribution in [3.63, 3.8) is 0 Å². The second-order valence-electron chi connectivity index (χ2n) is 6.49. The Morgan fingerprint density at radius 2 is 1.76 bits per heavy atom. The van der Waals surface area contributed by atoms with Crippen molar-refractivity contribution in [1.82, 2.24) is 4.98 Å². The van der Waals surface area contributed by atoms with E-state index in [1.54, 1.807) is 0 Å². The first-order valence-corrected chi connectivity index (χ1v) is 10.1. The minimum atomic E-state index is -0.183. The maximum Gasteiger partial charge on any atom is 0.256 e. The highest BCUT2D eigenvalue weighted by Crippen LogP contribution is 2.28. The number of nitrogens with zero attached hydrogens (tertiary/aromatic N) is 1. The summed E-state index contributed by atoms with van der Waals surface area (Å²) in [5, 5.41) is 3.77. The first-order chi connectivity index (χ1) is 14.1. The van der Waals surface area contributed by atoms with E-state index in [9.17, 15) is 4.79 Å². The van der Waals surface area contributed by atoms with Crippen molar-refractivity contribution in [2.24, 2.45) is 0 Å². The molecule has 1 aromatic heterocycles. The lowest BCUT2D eigenvalue weighted by molar-refractivity contribution is 0.102. The van der Waals surface area contributed by atoms with E-state index in [4.69, 9.17) is 9.72 Å². The van der Waals surface area contributed by atoms with Gasteiger partial charge < -0.3 is 10.1 Å². The van der Waals surface area contributed by atoms with Gasteiger partial charge in [-0.3, -0.25) is 4.79 Å². The molecule has 4 rings (SSSR count). The number of hydrogen-bond donors (Lipinski definition) is 1. The molecule has 4 nitrogen and oxygen atoms in total. The van der Waals surface area contributed by atoms with Crippen LogP contribution in [0.4, 0.5) is 5.69 Å². The highest BCUT2D eigenvalue weighted by Gasteiger charge is 2.15. The fraction of sp³-hybridized carbons (Fsp3) is 0.0833. The van der Waals surface area contributed by atoms with Gasteiger partial charge in [0.25, 0.3) is 5.91 Å². The quantitative estimate of drug-likeness (QED) is 0.390. The molecule has 0 radical (unpaired) electrons. The summed E-state index contributed by atoms with van der Waals surface area (Å²) in [7, 11) is 0. The molecule has 29 heavy (non-hydrogen) atoms. The van der Waals surface area contributed by atoms with Crippen molar-refractivity contribution in [3.05, 3.63) is 88.9 Å². The number of aromatic nitrogens is 1. The van der Waals surface area contributed by atoms with Gasteiger partial charge in [0.15, 0.2) is 0 Å². The monoisotopic (exact) mass is 446 g/mol. The molecule has 1 amide bonds. The van der Waals surface area contributed by atoms with Gasteiger partial charge >= 0.3 is 0 Å². The summed E-state index contributed by atoms with van der Waals surface area (Å²) in [5.74, 6) is 0.590. The average molecular weight is 447 g/mol. The molecule has 0 atom stereocenters. The predicted molar refractivity (Wildman–Crippen MR) is 120 cm³/mol. The van der Waals surface area contributed by atoms with Crippen LogP contribution in [0.25, 0.3) is 22.2 Å². The Labute approximate surface area is 177 Å². The normalized spacial score (nSPS) is 10.7. The molecule has 3 aromatic carbocycles. The highest BCUT2D eigenvalue weighted by molar-refractivity contribution is 9.10. The van der Waals surface area contributed by atoms with Crippen LogP contribution in [0, 0.1) is 0 Å². The number of carbonyl (C=O) groups is 1. The summed E-state index contributed by atoms with van der Waals surface area (Å²) in [6, 6.07) is 24.8. The van der Waals surface area contributed by atoms with Gasteiger partial charge in [-0.05, 0) is 55.5 Å². The van der Waals surface area contributed by atoms with Gasteiger partial charge in [-0.2, -0.15) is 0 Å². The van der Waals surface area contributed by atoms with Crippen LogP contribution in [0.1, 0.15) is 17.3 Å². The van der Waals surface area contributed by atoms with E-state index in [0.29, 0.717) is 17.9 Å². The highest BCUT2D eigenvalue weighted by atomic mass is 79.9. The third-order valence-electron chi connectivity index (χ3n) is 4.51. The summed E-state index contributed by atoms with van der Waals surface area (Å²) in [6.45, 7) is 2.54. The fourth-order valence-corrected chi connectivity index (χ4v) is 3.50. The number of nitrogens with one attached hydrogen (secondary N) is 1. The first-order valence-electron chi connectivity index (χ1n) is 9.34. The van der Waals surface area contributed by atoms with Gasteiger partial charge in [-0.1, -0.05) is 46.3 Å². The smallest absolute Gasteiger partial charge is 0.256 e. The predicted octanol–water partition coefficient (Wildman–Crippen LogP) is 6.32. The molecule has 1 N–H and O–H groups in total. The first kappa shape index (κ1) is 19.2. The van der Waals surface area contributed by atoms with Gasteiger partial charge in [0.05, 0.1) is 23.4 Å². The summed E-state index contributed by atoms with van der Waals surface area (Å²) in [5.41, 5.74) is 3.78. The summed E-state index contributed by atoms with van der Waals surface area (Å²) in [6.07, 6.45) is 0. The molecule has 5 heteroatoms.